The van der Waals surface area contributed by atoms with E-state index in [0.717, 1.165) is 50.1 Å². The molecule has 0 fully saturated rings. The first-order valence-corrected chi connectivity index (χ1v) is 19.8. The van der Waals surface area contributed by atoms with E-state index in [-0.39, 0.29) is 0 Å². The molecule has 0 saturated carbocycles. The van der Waals surface area contributed by atoms with Crippen molar-refractivity contribution in [1.29, 1.82) is 0 Å². The monoisotopic (exact) mass is 739 g/mol. The van der Waals surface area contributed by atoms with Crippen molar-refractivity contribution < 1.29 is 4.42 Å². The van der Waals surface area contributed by atoms with Crippen LogP contribution in [0.5, 0.6) is 0 Å². The van der Waals surface area contributed by atoms with Gasteiger partial charge in [-0.1, -0.05) is 176 Å². The van der Waals surface area contributed by atoms with Crippen LogP contribution in [0, 0.1) is 0 Å². The molecule has 10 aromatic carbocycles. The van der Waals surface area contributed by atoms with Gasteiger partial charge in [0.25, 0.3) is 0 Å². The summed E-state index contributed by atoms with van der Waals surface area (Å²) in [6.45, 7) is 0. The van der Waals surface area contributed by atoms with Gasteiger partial charge in [0.1, 0.15) is 11.2 Å². The Kier molecular flexibility index (Phi) is 8.19. The molecule has 0 radical (unpaired) electrons. The van der Waals surface area contributed by atoms with Crippen LogP contribution in [-0.4, -0.2) is 0 Å². The fraction of sp³-hybridized carbons (Fsp3) is 0. The molecule has 0 amide bonds. The molecule has 1 aromatic heterocycles. The predicted molar refractivity (Wildman–Crippen MR) is 245 cm³/mol. The van der Waals surface area contributed by atoms with Crippen LogP contribution in [0.1, 0.15) is 0 Å². The number of para-hydroxylation sites is 1. The molecule has 0 bridgehead atoms. The lowest BCUT2D eigenvalue weighted by Gasteiger charge is -2.30. The van der Waals surface area contributed by atoms with Gasteiger partial charge in [0, 0.05) is 33.8 Å². The minimum atomic E-state index is 0.855. The topological polar surface area (TPSA) is 16.4 Å². The number of furan rings is 1. The summed E-state index contributed by atoms with van der Waals surface area (Å²) >= 11 is 0. The Hall–Kier alpha value is -7.68. The fourth-order valence-electron chi connectivity index (χ4n) is 8.80. The molecule has 11 rings (SSSR count). The van der Waals surface area contributed by atoms with E-state index < -0.39 is 0 Å². The predicted octanol–water partition coefficient (Wildman–Crippen LogP) is 16.0. The second-order valence-corrected chi connectivity index (χ2v) is 14.8. The maximum absolute atomic E-state index is 6.54. The molecule has 58 heavy (non-hydrogen) atoms. The summed E-state index contributed by atoms with van der Waals surface area (Å²) in [6.07, 6.45) is 0. The number of hydrogen-bond donors (Lipinski definition) is 0. The molecule has 0 aliphatic rings. The highest BCUT2D eigenvalue weighted by Crippen LogP contribution is 2.50. The first-order chi connectivity index (χ1) is 28.8. The maximum atomic E-state index is 6.54. The summed E-state index contributed by atoms with van der Waals surface area (Å²) < 4.78 is 6.54. The third kappa shape index (κ3) is 5.74. The third-order valence-corrected chi connectivity index (χ3v) is 11.5. The van der Waals surface area contributed by atoms with Gasteiger partial charge in [0.05, 0.1) is 5.69 Å². The van der Waals surface area contributed by atoms with Crippen molar-refractivity contribution >= 4 is 60.5 Å². The number of rotatable bonds is 7. The van der Waals surface area contributed by atoms with Crippen molar-refractivity contribution in [2.45, 2.75) is 0 Å². The summed E-state index contributed by atoms with van der Waals surface area (Å²) in [6, 6.07) is 80.8. The number of hydrogen-bond acceptors (Lipinski definition) is 2. The van der Waals surface area contributed by atoms with Gasteiger partial charge in [0.15, 0.2) is 0 Å². The maximum Gasteiger partial charge on any atom is 0.137 e. The minimum Gasteiger partial charge on any atom is -0.456 e. The van der Waals surface area contributed by atoms with Crippen molar-refractivity contribution in [1.82, 2.24) is 0 Å². The van der Waals surface area contributed by atoms with Crippen molar-refractivity contribution in [3.8, 4) is 44.5 Å². The number of fused-ring (bicyclic) bond motifs is 6. The first kappa shape index (κ1) is 33.6. The molecular formula is C56H37NO. The molecular weight excluding hydrogens is 703 g/mol. The summed E-state index contributed by atoms with van der Waals surface area (Å²) in [5.74, 6) is 0. The van der Waals surface area contributed by atoms with E-state index in [4.69, 9.17) is 4.42 Å². The van der Waals surface area contributed by atoms with Crippen LogP contribution in [0.15, 0.2) is 229 Å². The van der Waals surface area contributed by atoms with Crippen LogP contribution in [0.3, 0.4) is 0 Å². The van der Waals surface area contributed by atoms with Crippen molar-refractivity contribution in [3.63, 3.8) is 0 Å². The summed E-state index contributed by atoms with van der Waals surface area (Å²) in [4.78, 5) is 2.41. The average Bonchev–Trinajstić information content (AvgIpc) is 3.68. The van der Waals surface area contributed by atoms with Crippen LogP contribution in [0.2, 0.25) is 0 Å². The van der Waals surface area contributed by atoms with Gasteiger partial charge >= 0.3 is 0 Å². The highest BCUT2D eigenvalue weighted by molar-refractivity contribution is 6.17. The van der Waals surface area contributed by atoms with E-state index in [0.29, 0.717) is 0 Å². The molecule has 2 heteroatoms. The van der Waals surface area contributed by atoms with Gasteiger partial charge in [-0.25, -0.2) is 0 Å². The lowest BCUT2D eigenvalue weighted by molar-refractivity contribution is 0.669. The molecule has 0 aliphatic carbocycles. The van der Waals surface area contributed by atoms with E-state index in [1.165, 1.54) is 54.9 Å². The molecule has 0 atom stereocenters. The zero-order valence-corrected chi connectivity index (χ0v) is 31.7. The number of nitrogens with zero attached hydrogens (tertiary/aromatic N) is 1. The number of benzene rings is 10. The van der Waals surface area contributed by atoms with E-state index in [1.807, 2.05) is 12.1 Å². The van der Waals surface area contributed by atoms with Gasteiger partial charge in [-0.05, 0) is 103 Å². The molecule has 0 saturated heterocycles. The molecule has 1 heterocycles. The molecule has 0 aliphatic heterocycles. The Labute approximate surface area is 337 Å². The van der Waals surface area contributed by atoms with E-state index in [9.17, 15) is 0 Å². The molecule has 0 N–H and O–H groups in total. The fourth-order valence-corrected chi connectivity index (χ4v) is 8.80. The van der Waals surface area contributed by atoms with Gasteiger partial charge in [0.2, 0.25) is 0 Å². The zero-order chi connectivity index (χ0) is 38.4. The number of anilines is 3. The third-order valence-electron chi connectivity index (χ3n) is 11.5. The quantitative estimate of drug-likeness (QED) is 0.151. The largest absolute Gasteiger partial charge is 0.456 e. The van der Waals surface area contributed by atoms with Gasteiger partial charge in [-0.15, -0.1) is 0 Å². The summed E-state index contributed by atoms with van der Waals surface area (Å²) in [7, 11) is 0. The van der Waals surface area contributed by atoms with Crippen molar-refractivity contribution in [2.75, 3.05) is 4.90 Å². The molecule has 2 nitrogen and oxygen atoms in total. The van der Waals surface area contributed by atoms with E-state index >= 15 is 0 Å². The highest BCUT2D eigenvalue weighted by Gasteiger charge is 2.24. The van der Waals surface area contributed by atoms with E-state index in [2.05, 4.69) is 217 Å². The Morgan fingerprint density at radius 1 is 0.293 bits per heavy atom. The van der Waals surface area contributed by atoms with Crippen molar-refractivity contribution in [2.24, 2.45) is 0 Å². The van der Waals surface area contributed by atoms with Crippen LogP contribution in [0.25, 0.3) is 88.0 Å². The first-order valence-electron chi connectivity index (χ1n) is 19.8. The highest BCUT2D eigenvalue weighted by atomic mass is 16.3. The van der Waals surface area contributed by atoms with Crippen LogP contribution >= 0.6 is 0 Å². The molecule has 272 valence electrons. The summed E-state index contributed by atoms with van der Waals surface area (Å²) in [5, 5.41) is 7.11. The molecule has 0 spiro atoms. The average molecular weight is 740 g/mol. The second-order valence-electron chi connectivity index (χ2n) is 14.8. The van der Waals surface area contributed by atoms with E-state index in [1.54, 1.807) is 0 Å². The van der Waals surface area contributed by atoms with Crippen LogP contribution in [0.4, 0.5) is 17.1 Å². The minimum absolute atomic E-state index is 0.855. The second kappa shape index (κ2) is 14.1. The standard InChI is InChI=1S/C56H37NO/c1-3-16-38(17-4-1)39-30-32-42(33-31-39)57(43-34-35-50-49-26-13-14-29-54(49)58-55(50)37-43)53-28-15-27-51(47-24-10-9-21-44(47)40-18-5-2-6-19-40)56(53)52-36-41-20-7-8-22-45(41)46-23-11-12-25-48(46)52/h1-37H. The van der Waals surface area contributed by atoms with Gasteiger partial charge < -0.3 is 9.32 Å². The smallest absolute Gasteiger partial charge is 0.137 e. The summed E-state index contributed by atoms with van der Waals surface area (Å²) in [5.41, 5.74) is 14.3. The normalized spacial score (nSPS) is 11.4. The van der Waals surface area contributed by atoms with Crippen LogP contribution < -0.4 is 4.90 Å². The van der Waals surface area contributed by atoms with Gasteiger partial charge in [-0.2, -0.15) is 0 Å². The Bertz CT molecular complexity index is 3270. The lowest BCUT2D eigenvalue weighted by Crippen LogP contribution is -2.12. The van der Waals surface area contributed by atoms with Gasteiger partial charge in [-0.3, -0.25) is 0 Å². The SMILES string of the molecule is c1ccc(-c2ccc(N(c3ccc4c(c3)oc3ccccc34)c3cccc(-c4ccccc4-c4ccccc4)c3-c3cc4ccccc4c4ccccc34)cc2)cc1. The van der Waals surface area contributed by atoms with Crippen LogP contribution in [-0.2, 0) is 0 Å². The molecule has 11 aromatic rings. The Morgan fingerprint density at radius 3 is 1.66 bits per heavy atom. The van der Waals surface area contributed by atoms with Crippen molar-refractivity contribution in [3.05, 3.63) is 224 Å². The zero-order valence-electron chi connectivity index (χ0n) is 31.7. The Balaban J connectivity index is 1.24. The lowest BCUT2D eigenvalue weighted by atomic mass is 9.85. The Morgan fingerprint density at radius 2 is 0.862 bits per heavy atom. The molecule has 0 unspecified atom stereocenters.